The molecule has 0 bridgehead atoms. The summed E-state index contributed by atoms with van der Waals surface area (Å²) < 4.78 is 16.3. The molecule has 0 aliphatic heterocycles. The van der Waals surface area contributed by atoms with Gasteiger partial charge >= 0.3 is 0 Å². The Labute approximate surface area is 179 Å². The lowest BCUT2D eigenvalue weighted by atomic mass is 10.2. The van der Waals surface area contributed by atoms with Gasteiger partial charge in [0.15, 0.2) is 11.0 Å². The van der Waals surface area contributed by atoms with Crippen LogP contribution in [0, 0.1) is 5.82 Å². The van der Waals surface area contributed by atoms with Crippen molar-refractivity contribution >= 4 is 45.2 Å². The second-order valence-corrected chi connectivity index (χ2v) is 7.82. The zero-order valence-corrected chi connectivity index (χ0v) is 17.8. The summed E-state index contributed by atoms with van der Waals surface area (Å²) in [7, 11) is 1.74. The van der Waals surface area contributed by atoms with Gasteiger partial charge in [0.1, 0.15) is 5.82 Å². The van der Waals surface area contributed by atoms with Gasteiger partial charge in [-0.15, -0.1) is 10.2 Å². The predicted molar refractivity (Wildman–Crippen MR) is 112 cm³/mol. The molecule has 150 valence electrons. The normalized spacial score (nSPS) is 10.6. The minimum absolute atomic E-state index is 0.0334. The molecular weight excluding hydrogens is 461 g/mol. The van der Waals surface area contributed by atoms with E-state index in [1.807, 2.05) is 12.1 Å². The first kappa shape index (κ1) is 21.0. The molecule has 0 aliphatic rings. The van der Waals surface area contributed by atoms with Crippen LogP contribution in [0.1, 0.15) is 16.2 Å². The number of hydrogen-bond donors (Lipinski definition) is 2. The molecule has 0 saturated heterocycles. The summed E-state index contributed by atoms with van der Waals surface area (Å²) >= 11 is 4.57. The van der Waals surface area contributed by atoms with E-state index in [9.17, 15) is 14.0 Å². The molecule has 2 aromatic carbocycles. The van der Waals surface area contributed by atoms with Crippen molar-refractivity contribution in [3.63, 3.8) is 0 Å². The van der Waals surface area contributed by atoms with Gasteiger partial charge in [-0.2, -0.15) is 0 Å². The average Bonchev–Trinajstić information content (AvgIpc) is 3.06. The van der Waals surface area contributed by atoms with Gasteiger partial charge in [0, 0.05) is 17.2 Å². The first-order valence-electron chi connectivity index (χ1n) is 8.53. The molecule has 2 N–H and O–H groups in total. The van der Waals surface area contributed by atoms with E-state index in [2.05, 4.69) is 36.8 Å². The van der Waals surface area contributed by atoms with Gasteiger partial charge in [0.05, 0.1) is 17.9 Å². The number of benzene rings is 2. The molecule has 0 saturated carbocycles. The molecule has 0 fully saturated rings. The number of halogens is 2. The molecule has 3 aromatic rings. The molecule has 7 nitrogen and oxygen atoms in total. The van der Waals surface area contributed by atoms with E-state index in [-0.39, 0.29) is 23.8 Å². The van der Waals surface area contributed by atoms with Gasteiger partial charge in [-0.05, 0) is 36.4 Å². The second-order valence-electron chi connectivity index (χ2n) is 5.96. The number of aromatic nitrogens is 3. The molecule has 1 heterocycles. The number of anilines is 1. The summed E-state index contributed by atoms with van der Waals surface area (Å²) in [5, 5.41) is 14.0. The van der Waals surface area contributed by atoms with E-state index < -0.39 is 11.7 Å². The van der Waals surface area contributed by atoms with Gasteiger partial charge in [0.25, 0.3) is 5.91 Å². The third-order valence-electron chi connectivity index (χ3n) is 3.91. The van der Waals surface area contributed by atoms with Gasteiger partial charge in [-0.1, -0.05) is 39.8 Å². The van der Waals surface area contributed by atoms with Gasteiger partial charge in [-0.25, -0.2) is 4.39 Å². The zero-order chi connectivity index (χ0) is 20.8. The van der Waals surface area contributed by atoms with Crippen LogP contribution in [-0.2, 0) is 18.4 Å². The van der Waals surface area contributed by atoms with Crippen molar-refractivity contribution in [3.05, 3.63) is 70.2 Å². The van der Waals surface area contributed by atoms with Crippen LogP contribution in [0.25, 0.3) is 0 Å². The van der Waals surface area contributed by atoms with Crippen LogP contribution in [-0.4, -0.2) is 32.3 Å². The van der Waals surface area contributed by atoms with Crippen LogP contribution >= 0.6 is 27.7 Å². The van der Waals surface area contributed by atoms with Crippen LogP contribution in [0.3, 0.4) is 0 Å². The maximum absolute atomic E-state index is 13.7. The van der Waals surface area contributed by atoms with Crippen LogP contribution in [0.15, 0.2) is 58.2 Å². The Morgan fingerprint density at radius 2 is 1.86 bits per heavy atom. The molecule has 0 aliphatic carbocycles. The Morgan fingerprint density at radius 1 is 1.14 bits per heavy atom. The minimum atomic E-state index is -0.587. The number of nitrogens with one attached hydrogen (secondary N) is 2. The summed E-state index contributed by atoms with van der Waals surface area (Å²) in [5.41, 5.74) is 0.669. The smallest absolute Gasteiger partial charge is 0.254 e. The topological polar surface area (TPSA) is 88.9 Å². The Morgan fingerprint density at radius 3 is 2.59 bits per heavy atom. The Bertz CT molecular complexity index is 1030. The minimum Gasteiger partial charge on any atom is -0.345 e. The molecule has 0 atom stereocenters. The molecule has 29 heavy (non-hydrogen) atoms. The van der Waals surface area contributed by atoms with Crippen LogP contribution in [0.5, 0.6) is 0 Å². The SMILES string of the molecule is Cn1c(CNC(=O)c2ccccc2F)nnc1SCC(=O)Nc1ccc(Br)cc1. The highest BCUT2D eigenvalue weighted by Crippen LogP contribution is 2.18. The highest BCUT2D eigenvalue weighted by Gasteiger charge is 2.14. The van der Waals surface area contributed by atoms with Crippen LogP contribution in [0.2, 0.25) is 0 Å². The molecule has 0 spiro atoms. The summed E-state index contributed by atoms with van der Waals surface area (Å²) in [6, 6.07) is 13.0. The molecule has 2 amide bonds. The van der Waals surface area contributed by atoms with E-state index in [4.69, 9.17) is 0 Å². The fourth-order valence-corrected chi connectivity index (χ4v) is 3.38. The summed E-state index contributed by atoms with van der Waals surface area (Å²) in [6.07, 6.45) is 0. The number of rotatable bonds is 7. The van der Waals surface area contributed by atoms with E-state index in [1.54, 1.807) is 29.8 Å². The maximum atomic E-state index is 13.7. The molecule has 10 heteroatoms. The van der Waals surface area contributed by atoms with Crippen molar-refractivity contribution in [2.75, 3.05) is 11.1 Å². The average molecular weight is 478 g/mol. The fraction of sp³-hybridized carbons (Fsp3) is 0.158. The first-order chi connectivity index (χ1) is 13.9. The van der Waals surface area contributed by atoms with Crippen molar-refractivity contribution in [2.24, 2.45) is 7.05 Å². The number of carbonyl (C=O) groups is 2. The Hall–Kier alpha value is -2.72. The van der Waals surface area contributed by atoms with Crippen molar-refractivity contribution in [1.82, 2.24) is 20.1 Å². The quantitative estimate of drug-likeness (QED) is 0.509. The lowest BCUT2D eigenvalue weighted by molar-refractivity contribution is -0.113. The van der Waals surface area contributed by atoms with Crippen LogP contribution in [0.4, 0.5) is 10.1 Å². The summed E-state index contributed by atoms with van der Waals surface area (Å²) in [6.45, 7) is 0.0856. The van der Waals surface area contributed by atoms with E-state index in [0.29, 0.717) is 16.7 Å². The number of carbonyl (C=O) groups excluding carboxylic acids is 2. The highest BCUT2D eigenvalue weighted by molar-refractivity contribution is 9.10. The molecule has 3 rings (SSSR count). The van der Waals surface area contributed by atoms with Crippen molar-refractivity contribution in [2.45, 2.75) is 11.7 Å². The van der Waals surface area contributed by atoms with Crippen LogP contribution < -0.4 is 10.6 Å². The largest absolute Gasteiger partial charge is 0.345 e. The lowest BCUT2D eigenvalue weighted by Crippen LogP contribution is -2.25. The fourth-order valence-electron chi connectivity index (χ4n) is 2.38. The third-order valence-corrected chi connectivity index (χ3v) is 5.46. The molecule has 0 radical (unpaired) electrons. The number of nitrogens with zero attached hydrogens (tertiary/aromatic N) is 3. The third kappa shape index (κ3) is 5.64. The van der Waals surface area contributed by atoms with Crippen molar-refractivity contribution < 1.29 is 14.0 Å². The summed E-state index contributed by atoms with van der Waals surface area (Å²) in [5.74, 6) is -0.644. The van der Waals surface area contributed by atoms with E-state index in [1.165, 1.54) is 30.0 Å². The van der Waals surface area contributed by atoms with Gasteiger partial charge in [-0.3, -0.25) is 9.59 Å². The van der Waals surface area contributed by atoms with E-state index in [0.717, 1.165) is 4.47 Å². The van der Waals surface area contributed by atoms with Crippen molar-refractivity contribution in [3.8, 4) is 0 Å². The monoisotopic (exact) mass is 477 g/mol. The molecule has 1 aromatic heterocycles. The van der Waals surface area contributed by atoms with Crippen molar-refractivity contribution in [1.29, 1.82) is 0 Å². The zero-order valence-electron chi connectivity index (χ0n) is 15.4. The predicted octanol–water partition coefficient (Wildman–Crippen LogP) is 3.38. The number of hydrogen-bond acceptors (Lipinski definition) is 5. The lowest BCUT2D eigenvalue weighted by Gasteiger charge is -2.07. The number of thioether (sulfide) groups is 1. The molecular formula is C19H17BrFN5O2S. The summed E-state index contributed by atoms with van der Waals surface area (Å²) in [4.78, 5) is 24.2. The highest BCUT2D eigenvalue weighted by atomic mass is 79.9. The second kappa shape index (κ2) is 9.66. The standard InChI is InChI=1S/C19H17BrFN5O2S/c1-26-16(10-22-18(28)14-4-2-3-5-15(14)21)24-25-19(26)29-11-17(27)23-13-8-6-12(20)7-9-13/h2-9H,10-11H2,1H3,(H,22,28)(H,23,27). The Balaban J connectivity index is 1.52. The maximum Gasteiger partial charge on any atom is 0.254 e. The van der Waals surface area contributed by atoms with Gasteiger partial charge in [0.2, 0.25) is 5.91 Å². The Kier molecular flexibility index (Phi) is 6.99. The first-order valence-corrected chi connectivity index (χ1v) is 10.3. The van der Waals surface area contributed by atoms with Gasteiger partial charge < -0.3 is 15.2 Å². The molecule has 0 unspecified atom stereocenters. The number of amides is 2. The van der Waals surface area contributed by atoms with E-state index >= 15 is 0 Å².